The summed E-state index contributed by atoms with van der Waals surface area (Å²) in [6, 6.07) is 5.34. The van der Waals surface area contributed by atoms with Gasteiger partial charge < -0.3 is 14.6 Å². The first-order chi connectivity index (χ1) is 9.99. The number of nitrogens with zero attached hydrogens (tertiary/aromatic N) is 2. The Morgan fingerprint density at radius 2 is 2.14 bits per heavy atom. The molecule has 1 aromatic carbocycles. The molecule has 0 fully saturated rings. The van der Waals surface area contributed by atoms with Crippen LogP contribution in [0.4, 0.5) is 0 Å². The predicted octanol–water partition coefficient (Wildman–Crippen LogP) is 2.64. The molecule has 1 aromatic heterocycles. The van der Waals surface area contributed by atoms with Gasteiger partial charge in [-0.1, -0.05) is 13.8 Å². The molecule has 0 saturated heterocycles. The number of aromatic carboxylic acids is 1. The van der Waals surface area contributed by atoms with E-state index in [9.17, 15) is 4.79 Å². The van der Waals surface area contributed by atoms with E-state index in [1.54, 1.807) is 17.8 Å². The molecule has 0 atom stereocenters. The van der Waals surface area contributed by atoms with Gasteiger partial charge in [0.25, 0.3) is 0 Å². The predicted molar refractivity (Wildman–Crippen MR) is 75.8 cm³/mol. The smallest absolute Gasteiger partial charge is 0.356 e. The number of ether oxygens (including phenoxy) is 2. The molecule has 21 heavy (non-hydrogen) atoms. The molecule has 0 aliphatic carbocycles. The van der Waals surface area contributed by atoms with Gasteiger partial charge in [0.2, 0.25) is 6.79 Å². The normalized spacial score (nSPS) is 13.0. The average Bonchev–Trinajstić information content (AvgIpc) is 3.03. The largest absolute Gasteiger partial charge is 0.476 e. The molecule has 1 aliphatic rings. The zero-order chi connectivity index (χ0) is 15.1. The van der Waals surface area contributed by atoms with Crippen LogP contribution in [0.1, 0.15) is 35.8 Å². The van der Waals surface area contributed by atoms with E-state index in [0.717, 1.165) is 28.3 Å². The number of hydrogen-bond donors (Lipinski definition) is 1. The number of hydrogen-bond acceptors (Lipinski definition) is 4. The topological polar surface area (TPSA) is 73.6 Å². The molecule has 6 nitrogen and oxygen atoms in total. The van der Waals surface area contributed by atoms with Crippen molar-refractivity contribution in [2.75, 3.05) is 6.79 Å². The molecule has 0 amide bonds. The second-order valence-corrected chi connectivity index (χ2v) is 5.26. The highest BCUT2D eigenvalue weighted by atomic mass is 16.7. The van der Waals surface area contributed by atoms with Crippen LogP contribution in [0, 0.1) is 0 Å². The summed E-state index contributed by atoms with van der Waals surface area (Å²) in [5.41, 5.74) is 2.69. The Hall–Kier alpha value is -2.50. The minimum atomic E-state index is -1.04. The highest BCUT2D eigenvalue weighted by molar-refractivity contribution is 5.87. The van der Waals surface area contributed by atoms with Crippen molar-refractivity contribution >= 4 is 5.97 Å². The van der Waals surface area contributed by atoms with Crippen LogP contribution in [0.2, 0.25) is 0 Å². The maximum Gasteiger partial charge on any atom is 0.356 e. The highest BCUT2D eigenvalue weighted by Crippen LogP contribution is 2.44. The molecular weight excluding hydrogens is 272 g/mol. The van der Waals surface area contributed by atoms with Crippen LogP contribution in [-0.2, 0) is 7.05 Å². The van der Waals surface area contributed by atoms with E-state index in [0.29, 0.717) is 0 Å². The van der Waals surface area contributed by atoms with Gasteiger partial charge in [0.15, 0.2) is 17.2 Å². The summed E-state index contributed by atoms with van der Waals surface area (Å²) < 4.78 is 12.6. The summed E-state index contributed by atoms with van der Waals surface area (Å²) in [6.07, 6.45) is 0. The van der Waals surface area contributed by atoms with E-state index < -0.39 is 5.97 Å². The van der Waals surface area contributed by atoms with Gasteiger partial charge in [-0.15, -0.1) is 0 Å². The molecule has 1 N–H and O–H groups in total. The maximum atomic E-state index is 11.1. The van der Waals surface area contributed by atoms with Crippen molar-refractivity contribution < 1.29 is 19.4 Å². The van der Waals surface area contributed by atoms with Gasteiger partial charge in [0.05, 0.1) is 5.69 Å². The second-order valence-electron chi connectivity index (χ2n) is 5.26. The summed E-state index contributed by atoms with van der Waals surface area (Å²) in [5.74, 6) is 0.632. The van der Waals surface area contributed by atoms with Crippen LogP contribution in [0.15, 0.2) is 18.2 Å². The summed E-state index contributed by atoms with van der Waals surface area (Å²) in [6.45, 7) is 4.34. The lowest BCUT2D eigenvalue weighted by Gasteiger charge is -2.15. The molecule has 110 valence electrons. The fourth-order valence-corrected chi connectivity index (χ4v) is 2.61. The Balaban J connectivity index is 2.21. The number of carboxylic acid groups (broad SMARTS) is 1. The van der Waals surface area contributed by atoms with Crippen molar-refractivity contribution in [1.29, 1.82) is 0 Å². The first kappa shape index (κ1) is 13.5. The van der Waals surface area contributed by atoms with E-state index in [1.807, 2.05) is 12.1 Å². The molecule has 0 radical (unpaired) electrons. The lowest BCUT2D eigenvalue weighted by molar-refractivity contribution is 0.0689. The maximum absolute atomic E-state index is 11.1. The van der Waals surface area contributed by atoms with E-state index in [1.165, 1.54) is 0 Å². The Labute approximate surface area is 121 Å². The van der Waals surface area contributed by atoms with Gasteiger partial charge in [-0.3, -0.25) is 4.68 Å². The Morgan fingerprint density at radius 3 is 2.76 bits per heavy atom. The average molecular weight is 288 g/mol. The number of carbonyl (C=O) groups is 1. The number of benzene rings is 1. The minimum absolute atomic E-state index is 0.0277. The first-order valence-corrected chi connectivity index (χ1v) is 6.69. The lowest BCUT2D eigenvalue weighted by atomic mass is 9.93. The molecule has 0 saturated carbocycles. The zero-order valence-corrected chi connectivity index (χ0v) is 12.1. The van der Waals surface area contributed by atoms with E-state index in [2.05, 4.69) is 18.9 Å². The van der Waals surface area contributed by atoms with Crippen LogP contribution in [0.3, 0.4) is 0 Å². The summed E-state index contributed by atoms with van der Waals surface area (Å²) in [5, 5.41) is 13.1. The fourth-order valence-electron chi connectivity index (χ4n) is 2.61. The number of aromatic nitrogens is 2. The minimum Gasteiger partial charge on any atom is -0.476 e. The second kappa shape index (κ2) is 4.80. The number of carboxylic acids is 1. The van der Waals surface area contributed by atoms with Crippen molar-refractivity contribution in [3.05, 3.63) is 29.5 Å². The SMILES string of the molecule is CC(C)c1c(-c2cc(C(=O)O)nn2C)ccc2c1OCO2. The van der Waals surface area contributed by atoms with Crippen LogP contribution >= 0.6 is 0 Å². The molecule has 0 bridgehead atoms. The van der Waals surface area contributed by atoms with Gasteiger partial charge >= 0.3 is 5.97 Å². The quantitative estimate of drug-likeness (QED) is 0.939. The molecule has 6 heteroatoms. The van der Waals surface area contributed by atoms with Gasteiger partial charge in [-0.2, -0.15) is 5.10 Å². The first-order valence-electron chi connectivity index (χ1n) is 6.69. The van der Waals surface area contributed by atoms with Gasteiger partial charge in [0, 0.05) is 18.2 Å². The summed E-state index contributed by atoms with van der Waals surface area (Å²) >= 11 is 0. The molecule has 3 rings (SSSR count). The Morgan fingerprint density at radius 1 is 1.38 bits per heavy atom. The third kappa shape index (κ3) is 2.12. The van der Waals surface area contributed by atoms with Crippen LogP contribution in [0.5, 0.6) is 11.5 Å². The van der Waals surface area contributed by atoms with Crippen LogP contribution in [-0.4, -0.2) is 27.6 Å². The Bertz CT molecular complexity index is 719. The third-order valence-corrected chi connectivity index (χ3v) is 3.53. The molecule has 2 aromatic rings. The molecule has 1 aliphatic heterocycles. The number of fused-ring (bicyclic) bond motifs is 1. The van der Waals surface area contributed by atoms with Gasteiger partial charge in [-0.25, -0.2) is 4.79 Å². The molecular formula is C15H16N2O4. The van der Waals surface area contributed by atoms with E-state index >= 15 is 0 Å². The van der Waals surface area contributed by atoms with Crippen LogP contribution < -0.4 is 9.47 Å². The molecule has 2 heterocycles. The zero-order valence-electron chi connectivity index (χ0n) is 12.1. The standard InChI is InChI=1S/C15H16N2O4/c1-8(2)13-9(4-5-12-14(13)21-7-20-12)11-6-10(15(18)19)16-17(11)3/h4-6,8H,7H2,1-3H3,(H,18,19). The van der Waals surface area contributed by atoms with Gasteiger partial charge in [-0.05, 0) is 24.1 Å². The third-order valence-electron chi connectivity index (χ3n) is 3.53. The van der Waals surface area contributed by atoms with Gasteiger partial charge in [0.1, 0.15) is 0 Å². The number of rotatable bonds is 3. The monoisotopic (exact) mass is 288 g/mol. The van der Waals surface area contributed by atoms with Crippen LogP contribution in [0.25, 0.3) is 11.3 Å². The van der Waals surface area contributed by atoms with Crippen molar-refractivity contribution in [2.24, 2.45) is 7.05 Å². The molecule has 0 unspecified atom stereocenters. The number of aryl methyl sites for hydroxylation is 1. The summed E-state index contributed by atoms with van der Waals surface area (Å²) in [4.78, 5) is 11.1. The van der Waals surface area contributed by atoms with Crippen molar-refractivity contribution in [1.82, 2.24) is 9.78 Å². The van der Waals surface area contributed by atoms with E-state index in [4.69, 9.17) is 14.6 Å². The van der Waals surface area contributed by atoms with Crippen molar-refractivity contribution in [3.63, 3.8) is 0 Å². The van der Waals surface area contributed by atoms with Crippen molar-refractivity contribution in [2.45, 2.75) is 19.8 Å². The lowest BCUT2D eigenvalue weighted by Crippen LogP contribution is -2.01. The summed E-state index contributed by atoms with van der Waals surface area (Å²) in [7, 11) is 1.73. The van der Waals surface area contributed by atoms with E-state index in [-0.39, 0.29) is 18.4 Å². The highest BCUT2D eigenvalue weighted by Gasteiger charge is 2.25. The molecule has 0 spiro atoms. The Kier molecular flexibility index (Phi) is 3.08. The fraction of sp³-hybridized carbons (Fsp3) is 0.333. The van der Waals surface area contributed by atoms with Crippen molar-refractivity contribution in [3.8, 4) is 22.8 Å².